The molecule has 1 amide bonds. The third-order valence-corrected chi connectivity index (χ3v) is 4.05. The van der Waals surface area contributed by atoms with E-state index in [1.54, 1.807) is 0 Å². The van der Waals surface area contributed by atoms with Crippen molar-refractivity contribution in [2.75, 3.05) is 6.54 Å². The predicted octanol–water partition coefficient (Wildman–Crippen LogP) is 2.30. The van der Waals surface area contributed by atoms with Crippen LogP contribution in [0.2, 0.25) is 0 Å². The monoisotopic (exact) mass is 240 g/mol. The largest absolute Gasteiger partial charge is 0.353 e. The zero-order valence-corrected chi connectivity index (χ0v) is 11.5. The lowest BCUT2D eigenvalue weighted by Gasteiger charge is -2.35. The molecule has 1 rings (SSSR count). The van der Waals surface area contributed by atoms with Gasteiger partial charge in [-0.25, -0.2) is 0 Å². The molecule has 0 spiro atoms. The van der Waals surface area contributed by atoms with Crippen molar-refractivity contribution < 1.29 is 4.79 Å². The molecular weight excluding hydrogens is 212 g/mol. The van der Waals surface area contributed by atoms with Crippen molar-refractivity contribution >= 4 is 5.91 Å². The van der Waals surface area contributed by atoms with E-state index < -0.39 is 0 Å². The van der Waals surface area contributed by atoms with Gasteiger partial charge in [0.1, 0.15) is 0 Å². The van der Waals surface area contributed by atoms with Crippen molar-refractivity contribution in [2.24, 2.45) is 23.5 Å². The van der Waals surface area contributed by atoms with E-state index in [1.807, 2.05) is 6.92 Å². The van der Waals surface area contributed by atoms with Crippen LogP contribution in [0.4, 0.5) is 0 Å². The van der Waals surface area contributed by atoms with Gasteiger partial charge in [0.05, 0.1) is 0 Å². The summed E-state index contributed by atoms with van der Waals surface area (Å²) in [5, 5.41) is 3.24. The number of amides is 1. The number of carbonyl (C=O) groups is 1. The smallest absolute Gasteiger partial charge is 0.223 e. The maximum atomic E-state index is 12.0. The van der Waals surface area contributed by atoms with Gasteiger partial charge in [-0.05, 0) is 37.6 Å². The molecular formula is C14H28N2O. The minimum Gasteiger partial charge on any atom is -0.353 e. The standard InChI is InChI=1S/C14H28N2O/c1-10(2)12-6-4-5-7-13(12)16-14(17)11(3)8-9-15/h10-13H,4-9,15H2,1-3H3,(H,16,17). The van der Waals surface area contributed by atoms with Gasteiger partial charge in [-0.15, -0.1) is 0 Å². The van der Waals surface area contributed by atoms with Crippen molar-refractivity contribution in [3.8, 4) is 0 Å². The van der Waals surface area contributed by atoms with Crippen LogP contribution < -0.4 is 11.1 Å². The van der Waals surface area contributed by atoms with Crippen molar-refractivity contribution in [1.82, 2.24) is 5.32 Å². The summed E-state index contributed by atoms with van der Waals surface area (Å²) >= 11 is 0. The molecule has 0 aliphatic heterocycles. The Kier molecular flexibility index (Phi) is 5.96. The zero-order valence-electron chi connectivity index (χ0n) is 11.5. The summed E-state index contributed by atoms with van der Waals surface area (Å²) in [4.78, 5) is 12.0. The Balaban J connectivity index is 2.49. The molecule has 0 aromatic rings. The first kappa shape index (κ1) is 14.5. The minimum atomic E-state index is 0.0507. The average molecular weight is 240 g/mol. The molecule has 0 heterocycles. The first-order valence-corrected chi connectivity index (χ1v) is 7.06. The summed E-state index contributed by atoms with van der Waals surface area (Å²) in [6.45, 7) is 7.08. The lowest BCUT2D eigenvalue weighted by Crippen LogP contribution is -2.46. The van der Waals surface area contributed by atoms with E-state index in [2.05, 4.69) is 19.2 Å². The second kappa shape index (κ2) is 7.00. The summed E-state index contributed by atoms with van der Waals surface area (Å²) in [6, 6.07) is 0.386. The maximum absolute atomic E-state index is 12.0. The Bertz CT molecular complexity index is 240. The zero-order chi connectivity index (χ0) is 12.8. The molecule has 1 fully saturated rings. The van der Waals surface area contributed by atoms with E-state index in [9.17, 15) is 4.79 Å². The molecule has 0 aromatic heterocycles. The highest BCUT2D eigenvalue weighted by atomic mass is 16.1. The first-order chi connectivity index (χ1) is 8.06. The van der Waals surface area contributed by atoms with Crippen LogP contribution in [0.3, 0.4) is 0 Å². The summed E-state index contributed by atoms with van der Waals surface area (Å²) in [6.07, 6.45) is 5.75. The highest BCUT2D eigenvalue weighted by molar-refractivity contribution is 5.78. The van der Waals surface area contributed by atoms with Crippen molar-refractivity contribution in [1.29, 1.82) is 0 Å². The number of hydrogen-bond acceptors (Lipinski definition) is 2. The van der Waals surface area contributed by atoms with Gasteiger partial charge in [0.25, 0.3) is 0 Å². The van der Waals surface area contributed by atoms with Crippen LogP contribution in [-0.2, 0) is 4.79 Å². The lowest BCUT2D eigenvalue weighted by molar-refractivity contribution is -0.126. The van der Waals surface area contributed by atoms with Gasteiger partial charge < -0.3 is 11.1 Å². The molecule has 17 heavy (non-hydrogen) atoms. The third kappa shape index (κ3) is 4.30. The van der Waals surface area contributed by atoms with Crippen molar-refractivity contribution in [3.63, 3.8) is 0 Å². The van der Waals surface area contributed by atoms with Gasteiger partial charge in [0.15, 0.2) is 0 Å². The number of nitrogens with one attached hydrogen (secondary N) is 1. The predicted molar refractivity (Wildman–Crippen MR) is 71.6 cm³/mol. The molecule has 1 saturated carbocycles. The summed E-state index contributed by atoms with van der Waals surface area (Å²) < 4.78 is 0. The highest BCUT2D eigenvalue weighted by Crippen LogP contribution is 2.30. The highest BCUT2D eigenvalue weighted by Gasteiger charge is 2.29. The van der Waals surface area contributed by atoms with Crippen molar-refractivity contribution in [3.05, 3.63) is 0 Å². The van der Waals surface area contributed by atoms with Crippen LogP contribution in [0, 0.1) is 17.8 Å². The number of nitrogens with two attached hydrogens (primary N) is 1. The van der Waals surface area contributed by atoms with E-state index in [1.165, 1.54) is 19.3 Å². The molecule has 0 bridgehead atoms. The summed E-state index contributed by atoms with van der Waals surface area (Å²) in [5.41, 5.74) is 5.50. The normalized spacial score (nSPS) is 26.9. The quantitative estimate of drug-likeness (QED) is 0.774. The van der Waals surface area contributed by atoms with Gasteiger partial charge in [-0.3, -0.25) is 4.79 Å². The summed E-state index contributed by atoms with van der Waals surface area (Å²) in [7, 11) is 0. The first-order valence-electron chi connectivity index (χ1n) is 7.06. The molecule has 1 aliphatic rings. The van der Waals surface area contributed by atoms with Crippen LogP contribution in [-0.4, -0.2) is 18.5 Å². The Morgan fingerprint density at radius 2 is 1.94 bits per heavy atom. The Labute approximate surface area is 106 Å². The second-order valence-electron chi connectivity index (χ2n) is 5.79. The van der Waals surface area contributed by atoms with Crippen LogP contribution in [0.1, 0.15) is 52.9 Å². The average Bonchev–Trinajstić information content (AvgIpc) is 2.29. The maximum Gasteiger partial charge on any atom is 0.223 e. The second-order valence-corrected chi connectivity index (χ2v) is 5.79. The van der Waals surface area contributed by atoms with Crippen LogP contribution in [0.25, 0.3) is 0 Å². The molecule has 100 valence electrons. The Hall–Kier alpha value is -0.570. The van der Waals surface area contributed by atoms with E-state index in [-0.39, 0.29) is 11.8 Å². The Morgan fingerprint density at radius 1 is 1.29 bits per heavy atom. The molecule has 3 heteroatoms. The molecule has 3 nitrogen and oxygen atoms in total. The van der Waals surface area contributed by atoms with Gasteiger partial charge in [0, 0.05) is 12.0 Å². The fraction of sp³-hybridized carbons (Fsp3) is 0.929. The minimum absolute atomic E-state index is 0.0507. The molecule has 3 N–H and O–H groups in total. The summed E-state index contributed by atoms with van der Waals surface area (Å²) in [5.74, 6) is 1.55. The van der Waals surface area contributed by atoms with E-state index in [4.69, 9.17) is 5.73 Å². The molecule has 0 aromatic carbocycles. The fourth-order valence-corrected chi connectivity index (χ4v) is 2.84. The van der Waals surface area contributed by atoms with E-state index in [0.29, 0.717) is 24.4 Å². The molecule has 3 unspecified atom stereocenters. The Morgan fingerprint density at radius 3 is 2.53 bits per heavy atom. The fourth-order valence-electron chi connectivity index (χ4n) is 2.84. The van der Waals surface area contributed by atoms with Gasteiger partial charge >= 0.3 is 0 Å². The third-order valence-electron chi connectivity index (χ3n) is 4.05. The number of rotatable bonds is 5. The van der Waals surface area contributed by atoms with Crippen LogP contribution in [0.5, 0.6) is 0 Å². The van der Waals surface area contributed by atoms with Gasteiger partial charge in [-0.2, -0.15) is 0 Å². The molecule has 0 radical (unpaired) electrons. The SMILES string of the molecule is CC(CCN)C(=O)NC1CCCCC1C(C)C. The van der Waals surface area contributed by atoms with Gasteiger partial charge in [-0.1, -0.05) is 33.6 Å². The number of hydrogen-bond donors (Lipinski definition) is 2. The topological polar surface area (TPSA) is 55.1 Å². The number of carbonyl (C=O) groups excluding carboxylic acids is 1. The van der Waals surface area contributed by atoms with Crippen LogP contribution >= 0.6 is 0 Å². The molecule has 3 atom stereocenters. The van der Waals surface area contributed by atoms with E-state index >= 15 is 0 Å². The lowest BCUT2D eigenvalue weighted by atomic mass is 9.77. The van der Waals surface area contributed by atoms with Gasteiger partial charge in [0.2, 0.25) is 5.91 Å². The van der Waals surface area contributed by atoms with E-state index in [0.717, 1.165) is 12.8 Å². The van der Waals surface area contributed by atoms with Crippen LogP contribution in [0.15, 0.2) is 0 Å². The molecule has 0 saturated heterocycles. The molecule has 1 aliphatic carbocycles. The van der Waals surface area contributed by atoms with Crippen molar-refractivity contribution in [2.45, 2.75) is 58.9 Å².